The minimum atomic E-state index is 0.168. The predicted octanol–water partition coefficient (Wildman–Crippen LogP) is 3.02. The summed E-state index contributed by atoms with van der Waals surface area (Å²) in [6.07, 6.45) is 0.559. The lowest BCUT2D eigenvalue weighted by Gasteiger charge is -2.14. The van der Waals surface area contributed by atoms with Crippen molar-refractivity contribution in [1.82, 2.24) is 4.90 Å². The lowest BCUT2D eigenvalue weighted by atomic mass is 10.1. The Morgan fingerprint density at radius 2 is 2.22 bits per heavy atom. The van der Waals surface area contributed by atoms with Gasteiger partial charge in [0.05, 0.1) is 6.54 Å². The maximum Gasteiger partial charge on any atom is 0.223 e. The minimum absolute atomic E-state index is 0.168. The van der Waals surface area contributed by atoms with Gasteiger partial charge in [-0.1, -0.05) is 18.2 Å². The van der Waals surface area contributed by atoms with Gasteiger partial charge in [0, 0.05) is 24.2 Å². The third-order valence-corrected chi connectivity index (χ3v) is 3.77. The molecule has 2 heterocycles. The van der Waals surface area contributed by atoms with Crippen molar-refractivity contribution in [3.05, 3.63) is 36.1 Å². The molecule has 3 rings (SSSR count). The van der Waals surface area contributed by atoms with Gasteiger partial charge in [-0.15, -0.1) is 11.6 Å². The van der Waals surface area contributed by atoms with E-state index in [1.54, 1.807) is 0 Å². The summed E-state index contributed by atoms with van der Waals surface area (Å²) in [6.45, 7) is 1.28. The second-order valence-corrected chi connectivity index (χ2v) is 5.06. The van der Waals surface area contributed by atoms with Crippen LogP contribution in [-0.2, 0) is 11.3 Å². The van der Waals surface area contributed by atoms with E-state index >= 15 is 0 Å². The summed E-state index contributed by atoms with van der Waals surface area (Å²) in [5.41, 5.74) is 0.869. The smallest absolute Gasteiger partial charge is 0.223 e. The number of carbonyl (C=O) groups is 1. The number of likely N-dealkylation sites (tertiary alicyclic amines) is 1. The number of benzene rings is 1. The molecule has 0 N–H and O–H groups in total. The molecule has 1 aliphatic rings. The number of furan rings is 1. The number of hydrogen-bond donors (Lipinski definition) is 0. The maximum atomic E-state index is 11.8. The first-order chi connectivity index (χ1) is 8.76. The fourth-order valence-corrected chi connectivity index (χ4v) is 2.62. The molecule has 1 aromatic carbocycles. The lowest BCUT2D eigenvalue weighted by molar-refractivity contribution is -0.128. The molecule has 0 aliphatic carbocycles. The van der Waals surface area contributed by atoms with Crippen LogP contribution in [0.15, 0.2) is 34.7 Å². The molecule has 2 aromatic rings. The number of fused-ring (bicyclic) bond motifs is 1. The van der Waals surface area contributed by atoms with E-state index in [-0.39, 0.29) is 11.8 Å². The molecule has 0 radical (unpaired) electrons. The molecule has 1 atom stereocenters. The molecule has 1 unspecified atom stereocenters. The first kappa shape index (κ1) is 11.6. The lowest BCUT2D eigenvalue weighted by Crippen LogP contribution is -2.24. The van der Waals surface area contributed by atoms with Gasteiger partial charge in [0.2, 0.25) is 5.91 Å². The van der Waals surface area contributed by atoms with Crippen LogP contribution in [0.25, 0.3) is 11.0 Å². The number of amides is 1. The van der Waals surface area contributed by atoms with Gasteiger partial charge in [0.1, 0.15) is 11.3 Å². The van der Waals surface area contributed by atoms with Crippen molar-refractivity contribution in [3.63, 3.8) is 0 Å². The van der Waals surface area contributed by atoms with Gasteiger partial charge in [-0.25, -0.2) is 0 Å². The van der Waals surface area contributed by atoms with E-state index in [0.717, 1.165) is 23.3 Å². The number of nitrogens with zero attached hydrogens (tertiary/aromatic N) is 1. The fourth-order valence-electron chi connectivity index (χ4n) is 2.41. The summed E-state index contributed by atoms with van der Waals surface area (Å²) in [4.78, 5) is 13.6. The molecule has 0 spiro atoms. The number of halogens is 1. The quantitative estimate of drug-likeness (QED) is 0.798. The highest BCUT2D eigenvalue weighted by molar-refractivity contribution is 6.18. The highest BCUT2D eigenvalue weighted by Crippen LogP contribution is 2.24. The van der Waals surface area contributed by atoms with Crippen LogP contribution in [0.5, 0.6) is 0 Å². The highest BCUT2D eigenvalue weighted by atomic mass is 35.5. The number of rotatable bonds is 3. The number of para-hydroxylation sites is 1. The first-order valence-corrected chi connectivity index (χ1v) is 6.61. The van der Waals surface area contributed by atoms with Crippen LogP contribution in [0.2, 0.25) is 0 Å². The van der Waals surface area contributed by atoms with Gasteiger partial charge in [0.25, 0.3) is 0 Å². The molecule has 18 heavy (non-hydrogen) atoms. The molecule has 1 saturated heterocycles. The molecule has 1 aliphatic heterocycles. The number of alkyl halides is 1. The first-order valence-electron chi connectivity index (χ1n) is 6.07. The van der Waals surface area contributed by atoms with Crippen LogP contribution in [0.4, 0.5) is 0 Å². The zero-order valence-electron chi connectivity index (χ0n) is 9.93. The molecule has 94 valence electrons. The molecule has 4 heteroatoms. The van der Waals surface area contributed by atoms with Crippen molar-refractivity contribution in [3.8, 4) is 0 Å². The Kier molecular flexibility index (Phi) is 3.00. The molecule has 3 nitrogen and oxygen atoms in total. The second-order valence-electron chi connectivity index (χ2n) is 4.75. The van der Waals surface area contributed by atoms with Crippen molar-refractivity contribution < 1.29 is 9.21 Å². The fraction of sp³-hybridized carbons (Fsp3) is 0.357. The predicted molar refractivity (Wildman–Crippen MR) is 70.5 cm³/mol. The van der Waals surface area contributed by atoms with Crippen LogP contribution < -0.4 is 0 Å². The van der Waals surface area contributed by atoms with E-state index in [0.29, 0.717) is 18.8 Å². The molecular formula is C14H14ClNO2. The largest absolute Gasteiger partial charge is 0.459 e. The molecule has 1 fully saturated rings. The monoisotopic (exact) mass is 263 g/mol. The Morgan fingerprint density at radius 3 is 2.94 bits per heavy atom. The molecule has 1 amide bonds. The Labute approximate surface area is 110 Å². The van der Waals surface area contributed by atoms with E-state index in [1.807, 2.05) is 35.2 Å². The standard InChI is InChI=1S/C14H14ClNO2/c15-7-10-5-14(17)16(8-10)9-12-6-11-3-1-2-4-13(11)18-12/h1-4,6,10H,5,7-9H2. The summed E-state index contributed by atoms with van der Waals surface area (Å²) < 4.78 is 5.72. The van der Waals surface area contributed by atoms with Crippen LogP contribution in [0, 0.1) is 5.92 Å². The van der Waals surface area contributed by atoms with Gasteiger partial charge >= 0.3 is 0 Å². The summed E-state index contributed by atoms with van der Waals surface area (Å²) >= 11 is 5.80. The third kappa shape index (κ3) is 2.10. The Bertz CT molecular complexity index is 545. The zero-order chi connectivity index (χ0) is 12.5. The van der Waals surface area contributed by atoms with E-state index < -0.39 is 0 Å². The van der Waals surface area contributed by atoms with Crippen molar-refractivity contribution in [2.45, 2.75) is 13.0 Å². The Balaban J connectivity index is 1.78. The van der Waals surface area contributed by atoms with Crippen LogP contribution in [0.3, 0.4) is 0 Å². The molecular weight excluding hydrogens is 250 g/mol. The zero-order valence-corrected chi connectivity index (χ0v) is 10.7. The summed E-state index contributed by atoms with van der Waals surface area (Å²) in [6, 6.07) is 9.87. The number of carbonyl (C=O) groups excluding carboxylic acids is 1. The summed E-state index contributed by atoms with van der Waals surface area (Å²) in [5, 5.41) is 1.08. The number of hydrogen-bond acceptors (Lipinski definition) is 2. The minimum Gasteiger partial charge on any atom is -0.459 e. The Hall–Kier alpha value is -1.48. The van der Waals surface area contributed by atoms with E-state index in [4.69, 9.17) is 16.0 Å². The van der Waals surface area contributed by atoms with Crippen LogP contribution >= 0.6 is 11.6 Å². The van der Waals surface area contributed by atoms with Gasteiger partial charge in [-0.2, -0.15) is 0 Å². The second kappa shape index (κ2) is 4.65. The Morgan fingerprint density at radius 1 is 1.39 bits per heavy atom. The normalized spacial score (nSPS) is 19.9. The van der Waals surface area contributed by atoms with E-state index in [2.05, 4.69) is 0 Å². The topological polar surface area (TPSA) is 33.5 Å². The molecule has 0 saturated carbocycles. The SMILES string of the molecule is O=C1CC(CCl)CN1Cc1cc2ccccc2o1. The van der Waals surface area contributed by atoms with Crippen molar-refractivity contribution in [2.75, 3.05) is 12.4 Å². The van der Waals surface area contributed by atoms with E-state index in [1.165, 1.54) is 0 Å². The average Bonchev–Trinajstić information content (AvgIpc) is 2.93. The average molecular weight is 264 g/mol. The third-order valence-electron chi connectivity index (χ3n) is 3.34. The molecule has 0 bridgehead atoms. The van der Waals surface area contributed by atoms with Gasteiger partial charge in [-0.3, -0.25) is 4.79 Å². The van der Waals surface area contributed by atoms with Crippen molar-refractivity contribution >= 4 is 28.5 Å². The van der Waals surface area contributed by atoms with Gasteiger partial charge in [0.15, 0.2) is 0 Å². The van der Waals surface area contributed by atoms with E-state index in [9.17, 15) is 4.79 Å². The molecule has 1 aromatic heterocycles. The summed E-state index contributed by atoms with van der Waals surface area (Å²) in [7, 11) is 0. The van der Waals surface area contributed by atoms with Gasteiger partial charge in [-0.05, 0) is 18.1 Å². The highest BCUT2D eigenvalue weighted by Gasteiger charge is 2.29. The van der Waals surface area contributed by atoms with Crippen molar-refractivity contribution in [2.24, 2.45) is 5.92 Å². The summed E-state index contributed by atoms with van der Waals surface area (Å²) in [5.74, 6) is 1.83. The van der Waals surface area contributed by atoms with Crippen molar-refractivity contribution in [1.29, 1.82) is 0 Å². The van der Waals surface area contributed by atoms with Crippen LogP contribution in [-0.4, -0.2) is 23.2 Å². The van der Waals surface area contributed by atoms with Crippen LogP contribution in [0.1, 0.15) is 12.2 Å². The maximum absolute atomic E-state index is 11.8. The van der Waals surface area contributed by atoms with Gasteiger partial charge < -0.3 is 9.32 Å².